The van der Waals surface area contributed by atoms with Gasteiger partial charge in [-0.05, 0) is 52.7 Å². The summed E-state index contributed by atoms with van der Waals surface area (Å²) >= 11 is 1.56. The normalized spacial score (nSPS) is 15.2. The van der Waals surface area contributed by atoms with Crippen molar-refractivity contribution in [2.24, 2.45) is 0 Å². The Hall–Kier alpha value is -3.55. The van der Waals surface area contributed by atoms with E-state index in [1.807, 2.05) is 29.6 Å². The lowest BCUT2D eigenvalue weighted by Gasteiger charge is -2.29. The monoisotopic (exact) mass is 478 g/mol. The number of thiazole rings is 1. The number of alkyl halides is 3. The van der Waals surface area contributed by atoms with Gasteiger partial charge in [0.1, 0.15) is 18.7 Å². The standard InChI is InChI=1S/C19H17F3N8O2S/c20-19(21,22)17-25-18(32-26-17)29-7-5-12(6-8-29)16-24-13(10-33-16)9-31-15-3-1-14(2-4-15)30-11-23-27-28-30/h1-4,10-12H,5-9H2. The molecular weight excluding hydrogens is 461 g/mol. The molecule has 33 heavy (non-hydrogen) atoms. The lowest BCUT2D eigenvalue weighted by molar-refractivity contribution is -0.146. The summed E-state index contributed by atoms with van der Waals surface area (Å²) in [6, 6.07) is 7.28. The molecule has 4 heterocycles. The highest BCUT2D eigenvalue weighted by Gasteiger charge is 2.38. The zero-order valence-corrected chi connectivity index (χ0v) is 17.8. The number of aromatic nitrogens is 7. The van der Waals surface area contributed by atoms with Crippen LogP contribution in [0.15, 0.2) is 40.5 Å². The van der Waals surface area contributed by atoms with Crippen molar-refractivity contribution in [3.8, 4) is 11.4 Å². The summed E-state index contributed by atoms with van der Waals surface area (Å²) in [5.74, 6) is -0.331. The van der Waals surface area contributed by atoms with Crippen molar-refractivity contribution in [1.82, 2.24) is 35.3 Å². The molecule has 0 atom stereocenters. The van der Waals surface area contributed by atoms with Gasteiger partial charge in [-0.1, -0.05) is 0 Å². The minimum Gasteiger partial charge on any atom is -0.487 e. The number of ether oxygens (including phenoxy) is 1. The van der Waals surface area contributed by atoms with Crippen LogP contribution < -0.4 is 9.64 Å². The molecule has 1 fully saturated rings. The first kappa shape index (κ1) is 21.3. The second-order valence-electron chi connectivity index (χ2n) is 7.37. The Morgan fingerprint density at radius 3 is 2.58 bits per heavy atom. The number of hydrogen-bond acceptors (Lipinski definition) is 10. The summed E-state index contributed by atoms with van der Waals surface area (Å²) in [6.45, 7) is 1.37. The third kappa shape index (κ3) is 4.79. The van der Waals surface area contributed by atoms with E-state index < -0.39 is 12.0 Å². The molecule has 0 N–H and O–H groups in total. The fourth-order valence-corrected chi connectivity index (χ4v) is 4.46. The van der Waals surface area contributed by atoms with E-state index >= 15 is 0 Å². The molecule has 0 aliphatic carbocycles. The van der Waals surface area contributed by atoms with Crippen LogP contribution >= 0.6 is 11.3 Å². The molecule has 172 valence electrons. The lowest BCUT2D eigenvalue weighted by Crippen LogP contribution is -2.33. The smallest absolute Gasteiger partial charge is 0.455 e. The van der Waals surface area contributed by atoms with Crippen molar-refractivity contribution in [3.05, 3.63) is 52.5 Å². The zero-order valence-electron chi connectivity index (χ0n) is 17.0. The van der Waals surface area contributed by atoms with Crippen molar-refractivity contribution >= 4 is 17.4 Å². The second kappa shape index (κ2) is 8.77. The molecule has 0 saturated carbocycles. The van der Waals surface area contributed by atoms with Crippen molar-refractivity contribution in [1.29, 1.82) is 0 Å². The molecule has 1 saturated heterocycles. The summed E-state index contributed by atoms with van der Waals surface area (Å²) < 4.78 is 50.2. The van der Waals surface area contributed by atoms with E-state index in [-0.39, 0.29) is 11.9 Å². The summed E-state index contributed by atoms with van der Waals surface area (Å²) in [5.41, 5.74) is 1.65. The Bertz CT molecular complexity index is 1180. The lowest BCUT2D eigenvalue weighted by atomic mass is 9.98. The summed E-state index contributed by atoms with van der Waals surface area (Å²) in [6.07, 6.45) is -1.64. The molecule has 3 aromatic heterocycles. The SMILES string of the molecule is FC(F)(F)c1noc(N2CCC(c3nc(COc4ccc(-n5cnnn5)cc4)cs3)CC2)n1. The summed E-state index contributed by atoms with van der Waals surface area (Å²) in [5, 5.41) is 17.0. The quantitative estimate of drug-likeness (QED) is 0.411. The molecule has 14 heteroatoms. The van der Waals surface area contributed by atoms with E-state index in [4.69, 9.17) is 9.26 Å². The molecule has 0 unspecified atom stereocenters. The fourth-order valence-electron chi connectivity index (χ4n) is 3.49. The third-order valence-corrected chi connectivity index (χ3v) is 6.25. The minimum atomic E-state index is -4.61. The van der Waals surface area contributed by atoms with E-state index in [1.54, 1.807) is 20.9 Å². The largest absolute Gasteiger partial charge is 0.487 e. The van der Waals surface area contributed by atoms with Gasteiger partial charge in [-0.25, -0.2) is 9.67 Å². The van der Waals surface area contributed by atoms with Crippen LogP contribution in [0.5, 0.6) is 5.75 Å². The van der Waals surface area contributed by atoms with Crippen molar-refractivity contribution in [2.45, 2.75) is 31.5 Å². The summed E-state index contributed by atoms with van der Waals surface area (Å²) in [4.78, 5) is 9.82. The van der Waals surface area contributed by atoms with Crippen LogP contribution in [0.25, 0.3) is 5.69 Å². The van der Waals surface area contributed by atoms with Gasteiger partial charge in [0.05, 0.1) is 16.4 Å². The van der Waals surface area contributed by atoms with Crippen molar-refractivity contribution in [2.75, 3.05) is 18.0 Å². The Kier molecular flexibility index (Phi) is 5.66. The fraction of sp³-hybridized carbons (Fsp3) is 0.368. The zero-order chi connectivity index (χ0) is 22.8. The molecule has 4 aromatic rings. The average Bonchev–Trinajstić information content (AvgIpc) is 3.60. The van der Waals surface area contributed by atoms with E-state index in [0.717, 1.165) is 29.2 Å². The number of hydrogen-bond donors (Lipinski definition) is 0. The van der Waals surface area contributed by atoms with Crippen LogP contribution in [0.1, 0.15) is 35.3 Å². The van der Waals surface area contributed by atoms with Gasteiger partial charge in [-0.3, -0.25) is 0 Å². The molecule has 0 bridgehead atoms. The number of benzene rings is 1. The van der Waals surface area contributed by atoms with Crippen molar-refractivity contribution in [3.63, 3.8) is 0 Å². The van der Waals surface area contributed by atoms with Gasteiger partial charge in [-0.2, -0.15) is 18.2 Å². The maximum absolute atomic E-state index is 12.7. The van der Waals surface area contributed by atoms with E-state index in [9.17, 15) is 13.2 Å². The van der Waals surface area contributed by atoms with Crippen LogP contribution in [0, 0.1) is 0 Å². The highest BCUT2D eigenvalue weighted by molar-refractivity contribution is 7.09. The average molecular weight is 478 g/mol. The van der Waals surface area contributed by atoms with Gasteiger partial charge in [0.15, 0.2) is 0 Å². The minimum absolute atomic E-state index is 0.0971. The molecule has 0 amide bonds. The van der Waals surface area contributed by atoms with Crippen LogP contribution in [0.4, 0.5) is 19.2 Å². The van der Waals surface area contributed by atoms with Gasteiger partial charge in [0.25, 0.3) is 5.82 Å². The van der Waals surface area contributed by atoms with E-state index in [0.29, 0.717) is 25.4 Å². The number of anilines is 1. The molecule has 1 aliphatic rings. The molecule has 1 aromatic carbocycles. The molecule has 0 radical (unpaired) electrons. The number of nitrogens with zero attached hydrogens (tertiary/aromatic N) is 8. The van der Waals surface area contributed by atoms with Crippen LogP contribution in [0.2, 0.25) is 0 Å². The second-order valence-corrected chi connectivity index (χ2v) is 8.26. The predicted octanol–water partition coefficient (Wildman–Crippen LogP) is 3.48. The van der Waals surface area contributed by atoms with Gasteiger partial charge in [0, 0.05) is 24.4 Å². The Morgan fingerprint density at radius 2 is 1.91 bits per heavy atom. The molecular formula is C19H17F3N8O2S. The number of piperidine rings is 1. The van der Waals surface area contributed by atoms with Gasteiger partial charge in [0.2, 0.25) is 0 Å². The van der Waals surface area contributed by atoms with Crippen LogP contribution in [-0.2, 0) is 12.8 Å². The number of rotatable bonds is 6. The Balaban J connectivity index is 1.13. The first-order valence-corrected chi connectivity index (χ1v) is 10.9. The molecule has 10 nitrogen and oxygen atoms in total. The van der Waals surface area contributed by atoms with Gasteiger partial charge in [-0.15, -0.1) is 16.4 Å². The highest BCUT2D eigenvalue weighted by atomic mass is 32.1. The molecule has 0 spiro atoms. The van der Waals surface area contributed by atoms with Crippen LogP contribution in [-0.4, -0.2) is 48.4 Å². The predicted molar refractivity (Wildman–Crippen MR) is 109 cm³/mol. The molecule has 5 rings (SSSR count). The topological polar surface area (TPSA) is 108 Å². The van der Waals surface area contributed by atoms with Gasteiger partial charge < -0.3 is 14.2 Å². The Morgan fingerprint density at radius 1 is 1.12 bits per heavy atom. The van der Waals surface area contributed by atoms with E-state index in [1.165, 1.54) is 6.33 Å². The number of tetrazole rings is 1. The van der Waals surface area contributed by atoms with Gasteiger partial charge >= 0.3 is 12.2 Å². The summed E-state index contributed by atoms with van der Waals surface area (Å²) in [7, 11) is 0. The highest BCUT2D eigenvalue weighted by Crippen LogP contribution is 2.33. The first-order chi connectivity index (χ1) is 16.0. The first-order valence-electron chi connectivity index (χ1n) is 10.0. The third-order valence-electron chi connectivity index (χ3n) is 5.19. The maximum atomic E-state index is 12.7. The maximum Gasteiger partial charge on any atom is 0.455 e. The Labute approximate surface area is 189 Å². The van der Waals surface area contributed by atoms with Crippen LogP contribution in [0.3, 0.4) is 0 Å². The van der Waals surface area contributed by atoms with E-state index in [2.05, 4.69) is 30.7 Å². The number of halogens is 3. The molecule has 1 aliphatic heterocycles. The van der Waals surface area contributed by atoms with Crippen molar-refractivity contribution < 1.29 is 22.4 Å².